The number of nitrogens with one attached hydrogen (secondary N) is 1. The van der Waals surface area contributed by atoms with Gasteiger partial charge in [0.25, 0.3) is 0 Å². The lowest BCUT2D eigenvalue weighted by atomic mass is 10.2. The molecule has 0 saturated heterocycles. The van der Waals surface area contributed by atoms with Crippen molar-refractivity contribution in [2.45, 2.75) is 25.9 Å². The third-order valence-corrected chi connectivity index (χ3v) is 2.58. The number of aliphatic hydroxyl groups is 1. The van der Waals surface area contributed by atoms with Gasteiger partial charge in [-0.15, -0.1) is 0 Å². The van der Waals surface area contributed by atoms with Crippen LogP contribution in [0.15, 0.2) is 18.2 Å². The van der Waals surface area contributed by atoms with E-state index in [1.54, 1.807) is 19.1 Å². The number of nitrogens with zero attached hydrogens (tertiary/aromatic N) is 1. The third-order valence-electron chi connectivity index (χ3n) is 2.58. The zero-order valence-electron chi connectivity index (χ0n) is 9.47. The average molecular weight is 234 g/mol. The van der Waals surface area contributed by atoms with Crippen LogP contribution in [0.2, 0.25) is 0 Å². The van der Waals surface area contributed by atoms with Crippen LogP contribution < -0.4 is 0 Å². The van der Waals surface area contributed by atoms with Crippen LogP contribution >= 0.6 is 0 Å². The summed E-state index contributed by atoms with van der Waals surface area (Å²) < 4.78 is 0. The number of fused-ring (bicyclic) bond motifs is 1. The standard InChI is InChI=1S/C12H14N2O3/c1-7(15)2-5-11-13-9-4-3-8(12(16)17)6-10(9)14-11/h3-4,6-7,15H,2,5H2,1H3,(H,13,14)(H,16,17)/t7-/m0/s1. The van der Waals surface area contributed by atoms with Gasteiger partial charge >= 0.3 is 5.97 Å². The number of aromatic nitrogens is 2. The number of aryl methyl sites for hydroxylation is 1. The van der Waals surface area contributed by atoms with Gasteiger partial charge in [-0.05, 0) is 31.5 Å². The molecule has 3 N–H and O–H groups in total. The first kappa shape index (κ1) is 11.6. The number of aromatic amines is 1. The molecule has 0 saturated carbocycles. The maximum atomic E-state index is 10.8. The highest BCUT2D eigenvalue weighted by Crippen LogP contribution is 2.15. The fourth-order valence-electron chi connectivity index (χ4n) is 1.66. The zero-order valence-corrected chi connectivity index (χ0v) is 9.47. The summed E-state index contributed by atoms with van der Waals surface area (Å²) in [5.74, 6) is -0.185. The Morgan fingerprint density at radius 2 is 2.29 bits per heavy atom. The van der Waals surface area contributed by atoms with Crippen molar-refractivity contribution < 1.29 is 15.0 Å². The smallest absolute Gasteiger partial charge is 0.335 e. The van der Waals surface area contributed by atoms with E-state index in [-0.39, 0.29) is 11.7 Å². The Hall–Kier alpha value is -1.88. The Labute approximate surface area is 98.1 Å². The summed E-state index contributed by atoms with van der Waals surface area (Å²) in [5.41, 5.74) is 1.70. The largest absolute Gasteiger partial charge is 0.478 e. The summed E-state index contributed by atoms with van der Waals surface area (Å²) in [5, 5.41) is 18.0. The van der Waals surface area contributed by atoms with Gasteiger partial charge in [-0.2, -0.15) is 0 Å². The van der Waals surface area contributed by atoms with Crippen molar-refractivity contribution in [2.24, 2.45) is 0 Å². The van der Waals surface area contributed by atoms with E-state index in [0.717, 1.165) is 11.3 Å². The second-order valence-electron chi connectivity index (χ2n) is 4.11. The number of carbonyl (C=O) groups is 1. The molecule has 5 heteroatoms. The van der Waals surface area contributed by atoms with Gasteiger partial charge in [0.1, 0.15) is 5.82 Å². The predicted octanol–water partition coefficient (Wildman–Crippen LogP) is 1.57. The van der Waals surface area contributed by atoms with E-state index in [0.29, 0.717) is 18.4 Å². The first-order valence-corrected chi connectivity index (χ1v) is 5.46. The number of aromatic carboxylic acids is 1. The molecule has 0 aliphatic rings. The first-order chi connectivity index (χ1) is 8.06. The van der Waals surface area contributed by atoms with Crippen molar-refractivity contribution in [1.29, 1.82) is 0 Å². The zero-order chi connectivity index (χ0) is 12.4. The lowest BCUT2D eigenvalue weighted by Crippen LogP contribution is -2.02. The Balaban J connectivity index is 2.27. The van der Waals surface area contributed by atoms with Crippen molar-refractivity contribution in [2.75, 3.05) is 0 Å². The van der Waals surface area contributed by atoms with Crippen LogP contribution in [0.4, 0.5) is 0 Å². The van der Waals surface area contributed by atoms with Gasteiger partial charge in [0, 0.05) is 6.42 Å². The number of aliphatic hydroxyl groups excluding tert-OH is 1. The lowest BCUT2D eigenvalue weighted by molar-refractivity contribution is 0.0697. The van der Waals surface area contributed by atoms with Crippen LogP contribution in [0, 0.1) is 0 Å². The Morgan fingerprint density at radius 1 is 1.53 bits per heavy atom. The minimum atomic E-state index is -0.952. The topological polar surface area (TPSA) is 86.2 Å². The molecule has 1 aromatic heterocycles. The molecule has 2 aromatic rings. The van der Waals surface area contributed by atoms with Gasteiger partial charge in [-0.3, -0.25) is 0 Å². The molecular formula is C12H14N2O3. The van der Waals surface area contributed by atoms with E-state index < -0.39 is 5.97 Å². The van der Waals surface area contributed by atoms with E-state index in [1.165, 1.54) is 6.07 Å². The van der Waals surface area contributed by atoms with Crippen LogP contribution in [0.1, 0.15) is 29.5 Å². The van der Waals surface area contributed by atoms with Gasteiger partial charge in [0.2, 0.25) is 0 Å². The second-order valence-corrected chi connectivity index (χ2v) is 4.11. The van der Waals surface area contributed by atoms with Crippen LogP contribution in [-0.2, 0) is 6.42 Å². The molecule has 0 spiro atoms. The molecule has 1 aromatic carbocycles. The summed E-state index contributed by atoms with van der Waals surface area (Å²) in [6.45, 7) is 1.73. The number of hydrogen-bond donors (Lipinski definition) is 3. The van der Waals surface area contributed by atoms with Crippen LogP contribution in [0.3, 0.4) is 0 Å². The number of benzene rings is 1. The highest BCUT2D eigenvalue weighted by Gasteiger charge is 2.08. The maximum Gasteiger partial charge on any atom is 0.335 e. The number of H-pyrrole nitrogens is 1. The molecule has 0 radical (unpaired) electrons. The molecular weight excluding hydrogens is 220 g/mol. The number of imidazole rings is 1. The summed E-state index contributed by atoms with van der Waals surface area (Å²) in [7, 11) is 0. The van der Waals surface area contributed by atoms with E-state index in [2.05, 4.69) is 9.97 Å². The quantitative estimate of drug-likeness (QED) is 0.749. The molecule has 0 fully saturated rings. The van der Waals surface area contributed by atoms with Gasteiger partial charge in [-0.25, -0.2) is 9.78 Å². The highest BCUT2D eigenvalue weighted by atomic mass is 16.4. The normalized spacial score (nSPS) is 12.8. The highest BCUT2D eigenvalue weighted by molar-refractivity contribution is 5.92. The maximum absolute atomic E-state index is 10.8. The number of carboxylic acid groups (broad SMARTS) is 1. The van der Waals surface area contributed by atoms with Crippen molar-refractivity contribution in [3.63, 3.8) is 0 Å². The number of rotatable bonds is 4. The van der Waals surface area contributed by atoms with Gasteiger partial charge < -0.3 is 15.2 Å². The molecule has 0 aliphatic carbocycles. The molecule has 5 nitrogen and oxygen atoms in total. The molecule has 90 valence electrons. The van der Waals surface area contributed by atoms with Crippen molar-refractivity contribution >= 4 is 17.0 Å². The Bertz CT molecular complexity index is 546. The van der Waals surface area contributed by atoms with Crippen LogP contribution in [0.5, 0.6) is 0 Å². The fourth-order valence-corrected chi connectivity index (χ4v) is 1.66. The average Bonchev–Trinajstić information content (AvgIpc) is 2.67. The summed E-state index contributed by atoms with van der Waals surface area (Å²) in [4.78, 5) is 18.2. The monoisotopic (exact) mass is 234 g/mol. The van der Waals surface area contributed by atoms with Crippen molar-refractivity contribution in [3.8, 4) is 0 Å². The predicted molar refractivity (Wildman–Crippen MR) is 63.1 cm³/mol. The molecule has 0 unspecified atom stereocenters. The molecule has 0 amide bonds. The Morgan fingerprint density at radius 3 is 2.94 bits per heavy atom. The van der Waals surface area contributed by atoms with E-state index in [4.69, 9.17) is 5.11 Å². The van der Waals surface area contributed by atoms with Gasteiger partial charge in [0.05, 0.1) is 22.7 Å². The van der Waals surface area contributed by atoms with E-state index in [1.807, 2.05) is 0 Å². The third kappa shape index (κ3) is 2.62. The minimum Gasteiger partial charge on any atom is -0.478 e. The van der Waals surface area contributed by atoms with Crippen LogP contribution in [0.25, 0.3) is 11.0 Å². The summed E-state index contributed by atoms with van der Waals surface area (Å²) in [6, 6.07) is 4.78. The second kappa shape index (κ2) is 4.55. The van der Waals surface area contributed by atoms with Gasteiger partial charge in [0.15, 0.2) is 0 Å². The fraction of sp³-hybridized carbons (Fsp3) is 0.333. The molecule has 1 atom stereocenters. The minimum absolute atomic E-state index is 0.239. The van der Waals surface area contributed by atoms with Crippen LogP contribution in [-0.4, -0.2) is 32.3 Å². The summed E-state index contributed by atoms with van der Waals surface area (Å²) in [6.07, 6.45) is 0.915. The number of hydrogen-bond acceptors (Lipinski definition) is 3. The molecule has 2 rings (SSSR count). The van der Waals surface area contributed by atoms with Crippen molar-refractivity contribution in [3.05, 3.63) is 29.6 Å². The summed E-state index contributed by atoms with van der Waals surface area (Å²) >= 11 is 0. The molecule has 17 heavy (non-hydrogen) atoms. The molecule has 0 bridgehead atoms. The molecule has 0 aliphatic heterocycles. The first-order valence-electron chi connectivity index (χ1n) is 5.46. The van der Waals surface area contributed by atoms with Gasteiger partial charge in [-0.1, -0.05) is 0 Å². The van der Waals surface area contributed by atoms with E-state index in [9.17, 15) is 9.90 Å². The SMILES string of the molecule is C[C@H](O)CCc1nc2ccc(C(=O)O)cc2[nH]1. The number of carboxylic acids is 1. The van der Waals surface area contributed by atoms with Crippen molar-refractivity contribution in [1.82, 2.24) is 9.97 Å². The Kier molecular flexibility index (Phi) is 3.10. The lowest BCUT2D eigenvalue weighted by Gasteiger charge is -1.99. The molecule has 1 heterocycles. The van der Waals surface area contributed by atoms with E-state index >= 15 is 0 Å².